The molecule has 2 saturated heterocycles. The van der Waals surface area contributed by atoms with Crippen molar-refractivity contribution in [2.45, 2.75) is 44.8 Å². The predicted octanol–water partition coefficient (Wildman–Crippen LogP) is 7.19. The maximum Gasteiger partial charge on any atom is 0.306 e. The summed E-state index contributed by atoms with van der Waals surface area (Å²) < 4.78 is 12.9. The van der Waals surface area contributed by atoms with E-state index in [1.165, 1.54) is 0 Å². The molecule has 0 bridgehead atoms. The number of nitrogens with zero attached hydrogens (tertiary/aromatic N) is 4. The van der Waals surface area contributed by atoms with Crippen molar-refractivity contribution in [3.63, 3.8) is 0 Å². The first kappa shape index (κ1) is 35.1. The number of aliphatic carboxylic acids is 1. The first-order chi connectivity index (χ1) is 24.8. The average Bonchev–Trinajstić information content (AvgIpc) is 3.75. The molecular weight excluding hydrogens is 711 g/mol. The number of carboxylic acid groups (broad SMARTS) is 1. The Balaban J connectivity index is 1.09. The summed E-state index contributed by atoms with van der Waals surface area (Å²) in [6.07, 6.45) is 4.35. The number of thiazole rings is 1. The van der Waals surface area contributed by atoms with Crippen molar-refractivity contribution in [2.24, 2.45) is 5.92 Å². The van der Waals surface area contributed by atoms with Gasteiger partial charge in [-0.2, -0.15) is 0 Å². The smallest absolute Gasteiger partial charge is 0.306 e. The number of aromatic nitrogens is 3. The summed E-state index contributed by atoms with van der Waals surface area (Å²) in [6.45, 7) is 3.28. The summed E-state index contributed by atoms with van der Waals surface area (Å²) in [7, 11) is 1.59. The lowest BCUT2D eigenvalue weighted by Crippen LogP contribution is -2.35. The molecule has 0 saturated carbocycles. The number of pyridine rings is 2. The molecule has 2 aliphatic heterocycles. The molecule has 3 N–H and O–H groups in total. The van der Waals surface area contributed by atoms with Crippen molar-refractivity contribution in [1.82, 2.24) is 30.5 Å². The van der Waals surface area contributed by atoms with Crippen LogP contribution in [0.4, 0.5) is 0 Å². The Hall–Kier alpha value is -4.33. The van der Waals surface area contributed by atoms with E-state index in [1.807, 2.05) is 48.5 Å². The van der Waals surface area contributed by atoms with Crippen LogP contribution in [0.25, 0.3) is 32.6 Å². The number of hydrogen-bond donors (Lipinski definition) is 3. The number of halogens is 2. The van der Waals surface area contributed by atoms with Crippen LogP contribution in [-0.2, 0) is 22.7 Å². The van der Waals surface area contributed by atoms with Crippen molar-refractivity contribution in [3.8, 4) is 39.9 Å². The average molecular weight is 748 g/mol. The van der Waals surface area contributed by atoms with Gasteiger partial charge in [-0.15, -0.1) is 11.3 Å². The highest BCUT2D eigenvalue weighted by atomic mass is 35.5. The Bertz CT molecular complexity index is 2090. The van der Waals surface area contributed by atoms with E-state index in [0.29, 0.717) is 88.8 Å². The van der Waals surface area contributed by atoms with Gasteiger partial charge in [-0.05, 0) is 50.6 Å². The quantitative estimate of drug-likeness (QED) is 0.120. The molecule has 3 aromatic heterocycles. The Morgan fingerprint density at radius 1 is 1.00 bits per heavy atom. The third kappa shape index (κ3) is 7.80. The van der Waals surface area contributed by atoms with E-state index in [4.69, 9.17) is 42.6 Å². The molecule has 5 aromatic rings. The van der Waals surface area contributed by atoms with Gasteiger partial charge in [-0.1, -0.05) is 59.6 Å². The monoisotopic (exact) mass is 746 g/mol. The number of hydrogen-bond acceptors (Lipinski definition) is 10. The lowest BCUT2D eigenvalue weighted by atomic mass is 9.97. The van der Waals surface area contributed by atoms with E-state index in [0.717, 1.165) is 40.3 Å². The third-order valence-electron chi connectivity index (χ3n) is 9.27. The predicted molar refractivity (Wildman–Crippen MR) is 198 cm³/mol. The molecule has 11 nitrogen and oxygen atoms in total. The largest absolute Gasteiger partial charge is 0.481 e. The fraction of sp³-hybridized carbons (Fsp3) is 0.324. The number of carbonyl (C=O) groups excluding carboxylic acids is 1. The van der Waals surface area contributed by atoms with Crippen molar-refractivity contribution in [1.29, 1.82) is 0 Å². The number of amides is 1. The second-order valence-electron chi connectivity index (χ2n) is 12.6. The summed E-state index contributed by atoms with van der Waals surface area (Å²) in [5.41, 5.74) is 4.30. The molecule has 1 amide bonds. The Kier molecular flexibility index (Phi) is 10.7. The van der Waals surface area contributed by atoms with Crippen LogP contribution >= 0.6 is 34.5 Å². The SMILES string of the molecule is COc1nc(-c2cccc(-c3cccc(Oc4nccc5sc(CN6CCC(C(=O)O)CC6)nc45)c3Cl)c2Cl)ccc1CNC[C@@H]1CCC(=O)N1. The van der Waals surface area contributed by atoms with Gasteiger partial charge < -0.3 is 25.2 Å². The van der Waals surface area contributed by atoms with Gasteiger partial charge in [0, 0.05) is 54.0 Å². The number of piperidine rings is 1. The molecule has 7 rings (SSSR count). The van der Waals surface area contributed by atoms with Crippen molar-refractivity contribution < 1.29 is 24.2 Å². The minimum atomic E-state index is -0.721. The number of nitrogens with one attached hydrogen (secondary N) is 2. The summed E-state index contributed by atoms with van der Waals surface area (Å²) in [5.74, 6) is 0.334. The van der Waals surface area contributed by atoms with Gasteiger partial charge in [-0.25, -0.2) is 15.0 Å². The van der Waals surface area contributed by atoms with Gasteiger partial charge in [0.05, 0.1) is 40.0 Å². The third-order valence-corrected chi connectivity index (χ3v) is 11.1. The first-order valence-corrected chi connectivity index (χ1v) is 18.3. The molecule has 1 atom stereocenters. The summed E-state index contributed by atoms with van der Waals surface area (Å²) in [4.78, 5) is 39.2. The summed E-state index contributed by atoms with van der Waals surface area (Å²) in [6, 6.07) is 17.1. The number of ether oxygens (including phenoxy) is 2. The van der Waals surface area contributed by atoms with E-state index in [1.54, 1.807) is 30.7 Å². The fourth-order valence-electron chi connectivity index (χ4n) is 6.53. The van der Waals surface area contributed by atoms with Gasteiger partial charge in [0.2, 0.25) is 17.7 Å². The molecule has 264 valence electrons. The minimum absolute atomic E-state index is 0.0919. The van der Waals surface area contributed by atoms with E-state index in [2.05, 4.69) is 20.5 Å². The number of carbonyl (C=O) groups is 2. The molecule has 0 radical (unpaired) electrons. The van der Waals surface area contributed by atoms with Gasteiger partial charge >= 0.3 is 5.97 Å². The van der Waals surface area contributed by atoms with Gasteiger partial charge in [-0.3, -0.25) is 14.5 Å². The Labute approximate surface area is 308 Å². The highest BCUT2D eigenvalue weighted by Crippen LogP contribution is 2.43. The van der Waals surface area contributed by atoms with Crippen molar-refractivity contribution in [2.75, 3.05) is 26.7 Å². The minimum Gasteiger partial charge on any atom is -0.481 e. The van der Waals surface area contributed by atoms with Crippen LogP contribution in [0.15, 0.2) is 60.8 Å². The summed E-state index contributed by atoms with van der Waals surface area (Å²) >= 11 is 15.6. The molecule has 5 heterocycles. The maximum absolute atomic E-state index is 11.5. The van der Waals surface area contributed by atoms with E-state index in [9.17, 15) is 14.7 Å². The molecule has 0 unspecified atom stereocenters. The highest BCUT2D eigenvalue weighted by Gasteiger charge is 2.26. The fourth-order valence-corrected chi connectivity index (χ4v) is 8.12. The van der Waals surface area contributed by atoms with Gasteiger partial charge in [0.15, 0.2) is 0 Å². The standard InChI is InChI=1S/C37H36Cl2N6O5S/c1-49-35-22(18-40-19-23-9-11-30(46)42-23)8-10-27(43-35)26-6-2-4-24(32(26)38)25-5-3-7-28(33(25)39)50-36-34-29(12-15-41-36)51-31(44-34)20-45-16-13-21(14-17-45)37(47)48/h2-8,10,12,15,21,23,40H,9,11,13-14,16-20H2,1H3,(H,42,46)(H,47,48)/t23-/m0/s1. The number of carboxylic acids is 1. The zero-order valence-corrected chi connectivity index (χ0v) is 30.2. The highest BCUT2D eigenvalue weighted by molar-refractivity contribution is 7.18. The normalized spacial score (nSPS) is 16.8. The summed E-state index contributed by atoms with van der Waals surface area (Å²) in [5, 5.41) is 17.4. The van der Waals surface area contributed by atoms with E-state index >= 15 is 0 Å². The molecule has 14 heteroatoms. The second-order valence-corrected chi connectivity index (χ2v) is 14.5. The number of fused-ring (bicyclic) bond motifs is 1. The molecule has 0 aliphatic carbocycles. The molecule has 2 aromatic carbocycles. The zero-order valence-electron chi connectivity index (χ0n) is 27.8. The number of benzene rings is 2. The zero-order chi connectivity index (χ0) is 35.5. The van der Waals surface area contributed by atoms with E-state index in [-0.39, 0.29) is 17.9 Å². The number of likely N-dealkylation sites (tertiary alicyclic amines) is 1. The van der Waals surface area contributed by atoms with Gasteiger partial charge in [0.1, 0.15) is 16.3 Å². The van der Waals surface area contributed by atoms with Gasteiger partial charge in [0.25, 0.3) is 0 Å². The molecule has 0 spiro atoms. The van der Waals surface area contributed by atoms with Crippen LogP contribution in [0.5, 0.6) is 17.5 Å². The Morgan fingerprint density at radius 3 is 2.51 bits per heavy atom. The van der Waals surface area contributed by atoms with Crippen LogP contribution in [0.3, 0.4) is 0 Å². The van der Waals surface area contributed by atoms with Crippen LogP contribution < -0.4 is 20.1 Å². The van der Waals surface area contributed by atoms with Crippen molar-refractivity contribution >= 4 is 56.6 Å². The lowest BCUT2D eigenvalue weighted by molar-refractivity contribution is -0.143. The lowest BCUT2D eigenvalue weighted by Gasteiger charge is -2.29. The van der Waals surface area contributed by atoms with Crippen LogP contribution in [0, 0.1) is 5.92 Å². The number of methoxy groups -OCH3 is 1. The Morgan fingerprint density at radius 2 is 1.76 bits per heavy atom. The molecule has 51 heavy (non-hydrogen) atoms. The van der Waals surface area contributed by atoms with Crippen LogP contribution in [-0.4, -0.2) is 69.6 Å². The maximum atomic E-state index is 11.5. The second kappa shape index (κ2) is 15.5. The van der Waals surface area contributed by atoms with E-state index < -0.39 is 5.97 Å². The van der Waals surface area contributed by atoms with Crippen molar-refractivity contribution in [3.05, 3.63) is 81.4 Å². The first-order valence-electron chi connectivity index (χ1n) is 16.8. The number of rotatable bonds is 12. The van der Waals surface area contributed by atoms with Crippen LogP contribution in [0.1, 0.15) is 36.3 Å². The molecular formula is C37H36Cl2N6O5S. The van der Waals surface area contributed by atoms with Crippen LogP contribution in [0.2, 0.25) is 10.0 Å². The molecule has 2 fully saturated rings. The molecule has 2 aliphatic rings. The topological polar surface area (TPSA) is 139 Å².